The van der Waals surface area contributed by atoms with Gasteiger partial charge >= 0.3 is 0 Å². The molecule has 2 heterocycles. The third-order valence-corrected chi connectivity index (χ3v) is 3.92. The van der Waals surface area contributed by atoms with E-state index in [-0.39, 0.29) is 0 Å². The van der Waals surface area contributed by atoms with E-state index in [4.69, 9.17) is 0 Å². The molecule has 0 aliphatic carbocycles. The van der Waals surface area contributed by atoms with Gasteiger partial charge in [-0.3, -0.25) is 0 Å². The molecule has 5 nitrogen and oxygen atoms in total. The van der Waals surface area contributed by atoms with E-state index in [0.717, 1.165) is 43.1 Å². The molecule has 1 aromatic heterocycles. The lowest BCUT2D eigenvalue weighted by molar-refractivity contribution is 0.113. The van der Waals surface area contributed by atoms with E-state index in [1.807, 2.05) is 6.92 Å². The van der Waals surface area contributed by atoms with Crippen LogP contribution in [0.3, 0.4) is 0 Å². The molecule has 0 aromatic carbocycles. The van der Waals surface area contributed by atoms with Crippen LogP contribution in [0.25, 0.3) is 0 Å². The molecule has 0 amide bonds. The van der Waals surface area contributed by atoms with Gasteiger partial charge < -0.3 is 14.9 Å². The zero-order chi connectivity index (χ0) is 14.0. The van der Waals surface area contributed by atoms with Gasteiger partial charge in [-0.15, -0.1) is 0 Å². The fourth-order valence-electron chi connectivity index (χ4n) is 2.57. The number of rotatable bonds is 3. The Hall–Kier alpha value is -1.04. The van der Waals surface area contributed by atoms with Gasteiger partial charge in [0.25, 0.3) is 0 Å². The standard InChI is InChI=1S/C14H24N4O/c1-10-13(11(2)19)8-15-14(16-10)7-12-9-17(3)5-6-18(12)4/h8,11-12,19H,5-7,9H2,1-4H3. The van der Waals surface area contributed by atoms with Gasteiger partial charge in [0, 0.05) is 49.6 Å². The number of aliphatic hydroxyl groups excluding tert-OH is 1. The summed E-state index contributed by atoms with van der Waals surface area (Å²) in [4.78, 5) is 13.7. The number of aryl methyl sites for hydroxylation is 1. The lowest BCUT2D eigenvalue weighted by Gasteiger charge is -2.37. The quantitative estimate of drug-likeness (QED) is 0.867. The van der Waals surface area contributed by atoms with E-state index >= 15 is 0 Å². The molecule has 2 atom stereocenters. The van der Waals surface area contributed by atoms with Crippen LogP contribution in [0.5, 0.6) is 0 Å². The van der Waals surface area contributed by atoms with Crippen LogP contribution in [-0.4, -0.2) is 64.6 Å². The van der Waals surface area contributed by atoms with Crippen molar-refractivity contribution >= 4 is 0 Å². The lowest BCUT2D eigenvalue weighted by Crippen LogP contribution is -2.51. The highest BCUT2D eigenvalue weighted by Gasteiger charge is 2.23. The summed E-state index contributed by atoms with van der Waals surface area (Å²) < 4.78 is 0. The maximum absolute atomic E-state index is 9.60. The molecule has 0 radical (unpaired) electrons. The minimum absolute atomic E-state index is 0.468. The van der Waals surface area contributed by atoms with E-state index in [1.54, 1.807) is 13.1 Å². The van der Waals surface area contributed by atoms with Crippen molar-refractivity contribution < 1.29 is 5.11 Å². The van der Waals surface area contributed by atoms with Crippen molar-refractivity contribution in [3.05, 3.63) is 23.3 Å². The molecular weight excluding hydrogens is 240 g/mol. The van der Waals surface area contributed by atoms with Crippen LogP contribution in [0.15, 0.2) is 6.20 Å². The first kappa shape index (κ1) is 14.4. The first-order chi connectivity index (χ1) is 8.97. The van der Waals surface area contributed by atoms with Crippen molar-refractivity contribution in [3.8, 4) is 0 Å². The summed E-state index contributed by atoms with van der Waals surface area (Å²) in [6.07, 6.45) is 2.12. The maximum Gasteiger partial charge on any atom is 0.130 e. The molecule has 1 fully saturated rings. The molecule has 0 spiro atoms. The highest BCUT2D eigenvalue weighted by atomic mass is 16.3. The highest BCUT2D eigenvalue weighted by molar-refractivity contribution is 5.18. The molecule has 1 aliphatic heterocycles. The van der Waals surface area contributed by atoms with Crippen molar-refractivity contribution in [1.82, 2.24) is 19.8 Å². The molecular formula is C14H24N4O. The number of nitrogens with zero attached hydrogens (tertiary/aromatic N) is 4. The predicted octanol–water partition coefficient (Wildman–Crippen LogP) is 0.627. The number of aromatic nitrogens is 2. The molecule has 1 saturated heterocycles. The zero-order valence-electron chi connectivity index (χ0n) is 12.3. The van der Waals surface area contributed by atoms with Crippen molar-refractivity contribution in [2.24, 2.45) is 0 Å². The van der Waals surface area contributed by atoms with Gasteiger partial charge in [0.1, 0.15) is 5.82 Å². The minimum Gasteiger partial charge on any atom is -0.389 e. The molecule has 1 aromatic rings. The normalized spacial score (nSPS) is 23.5. The smallest absolute Gasteiger partial charge is 0.130 e. The van der Waals surface area contributed by atoms with E-state index in [0.29, 0.717) is 6.04 Å². The maximum atomic E-state index is 9.60. The van der Waals surface area contributed by atoms with Crippen LogP contribution in [0.4, 0.5) is 0 Å². The summed E-state index contributed by atoms with van der Waals surface area (Å²) >= 11 is 0. The lowest BCUT2D eigenvalue weighted by atomic mass is 10.1. The van der Waals surface area contributed by atoms with Crippen molar-refractivity contribution in [1.29, 1.82) is 0 Å². The van der Waals surface area contributed by atoms with Gasteiger partial charge in [0.05, 0.1) is 6.10 Å². The molecule has 5 heteroatoms. The van der Waals surface area contributed by atoms with Crippen LogP contribution >= 0.6 is 0 Å². The molecule has 2 rings (SSSR count). The summed E-state index contributed by atoms with van der Waals surface area (Å²) in [6.45, 7) is 6.94. The Morgan fingerprint density at radius 2 is 2.16 bits per heavy atom. The molecule has 2 unspecified atom stereocenters. The summed E-state index contributed by atoms with van der Waals surface area (Å²) in [5.41, 5.74) is 1.70. The second-order valence-corrected chi connectivity index (χ2v) is 5.60. The van der Waals surface area contributed by atoms with Gasteiger partial charge in [-0.2, -0.15) is 0 Å². The first-order valence-corrected chi connectivity index (χ1v) is 6.86. The number of piperazine rings is 1. The van der Waals surface area contributed by atoms with E-state index in [2.05, 4.69) is 33.9 Å². The van der Waals surface area contributed by atoms with Crippen LogP contribution in [0.1, 0.15) is 30.1 Å². The van der Waals surface area contributed by atoms with Crippen molar-refractivity contribution in [2.45, 2.75) is 32.4 Å². The molecule has 0 bridgehead atoms. The Morgan fingerprint density at radius 3 is 2.79 bits per heavy atom. The van der Waals surface area contributed by atoms with Crippen LogP contribution in [0, 0.1) is 6.92 Å². The molecule has 106 valence electrons. The van der Waals surface area contributed by atoms with Crippen molar-refractivity contribution in [2.75, 3.05) is 33.7 Å². The fourth-order valence-corrected chi connectivity index (χ4v) is 2.57. The number of likely N-dealkylation sites (N-methyl/N-ethyl adjacent to an activating group) is 2. The van der Waals surface area contributed by atoms with Crippen LogP contribution in [0.2, 0.25) is 0 Å². The topological polar surface area (TPSA) is 52.5 Å². The average molecular weight is 264 g/mol. The highest BCUT2D eigenvalue weighted by Crippen LogP contribution is 2.16. The Balaban J connectivity index is 2.08. The SMILES string of the molecule is Cc1nc(CC2CN(C)CCN2C)ncc1C(C)O. The van der Waals surface area contributed by atoms with Gasteiger partial charge in [0.15, 0.2) is 0 Å². The van der Waals surface area contributed by atoms with Crippen molar-refractivity contribution in [3.63, 3.8) is 0 Å². The number of hydrogen-bond acceptors (Lipinski definition) is 5. The number of hydrogen-bond donors (Lipinski definition) is 1. The van der Waals surface area contributed by atoms with Crippen LogP contribution < -0.4 is 0 Å². The minimum atomic E-state index is -0.502. The number of aliphatic hydroxyl groups is 1. The van der Waals surface area contributed by atoms with Gasteiger partial charge in [-0.1, -0.05) is 0 Å². The summed E-state index contributed by atoms with van der Waals surface area (Å²) in [6, 6.07) is 0.468. The molecule has 1 aliphatic rings. The third kappa shape index (κ3) is 3.49. The molecule has 0 saturated carbocycles. The Morgan fingerprint density at radius 1 is 1.42 bits per heavy atom. The first-order valence-electron chi connectivity index (χ1n) is 6.86. The van der Waals surface area contributed by atoms with E-state index in [9.17, 15) is 5.11 Å². The average Bonchev–Trinajstić information content (AvgIpc) is 2.33. The third-order valence-electron chi connectivity index (χ3n) is 3.92. The monoisotopic (exact) mass is 264 g/mol. The van der Waals surface area contributed by atoms with Gasteiger partial charge in [-0.05, 0) is 27.9 Å². The Kier molecular flexibility index (Phi) is 4.50. The van der Waals surface area contributed by atoms with E-state index < -0.39 is 6.10 Å². The Labute approximate surface area is 115 Å². The molecule has 1 N–H and O–H groups in total. The van der Waals surface area contributed by atoms with E-state index in [1.165, 1.54) is 0 Å². The second-order valence-electron chi connectivity index (χ2n) is 5.60. The molecule has 19 heavy (non-hydrogen) atoms. The summed E-state index contributed by atoms with van der Waals surface area (Å²) in [7, 11) is 4.32. The fraction of sp³-hybridized carbons (Fsp3) is 0.714. The zero-order valence-corrected chi connectivity index (χ0v) is 12.3. The van der Waals surface area contributed by atoms with Gasteiger partial charge in [-0.25, -0.2) is 9.97 Å². The largest absolute Gasteiger partial charge is 0.389 e. The Bertz CT molecular complexity index is 435. The predicted molar refractivity (Wildman–Crippen MR) is 75.0 cm³/mol. The van der Waals surface area contributed by atoms with Crippen LogP contribution in [-0.2, 0) is 6.42 Å². The summed E-state index contributed by atoms with van der Waals surface area (Å²) in [5.74, 6) is 0.869. The van der Waals surface area contributed by atoms with Gasteiger partial charge in [0.2, 0.25) is 0 Å². The summed E-state index contributed by atoms with van der Waals surface area (Å²) in [5, 5.41) is 9.60. The second kappa shape index (κ2) is 5.94.